The first-order valence-electron chi connectivity index (χ1n) is 8.50. The fourth-order valence-corrected chi connectivity index (χ4v) is 4.38. The number of pyridine rings is 1. The quantitative estimate of drug-likeness (QED) is 0.759. The van der Waals surface area contributed by atoms with E-state index >= 15 is 0 Å². The van der Waals surface area contributed by atoms with Crippen LogP contribution in [0.25, 0.3) is 0 Å². The average Bonchev–Trinajstić information content (AvgIpc) is 2.66. The van der Waals surface area contributed by atoms with E-state index in [0.717, 1.165) is 5.69 Å². The third-order valence-corrected chi connectivity index (χ3v) is 6.53. The molecule has 7 nitrogen and oxygen atoms in total. The third kappa shape index (κ3) is 4.65. The number of ether oxygens (including phenoxy) is 1. The maximum atomic E-state index is 12.8. The molecule has 0 aliphatic carbocycles. The first-order valence-corrected chi connectivity index (χ1v) is 10.3. The van der Waals surface area contributed by atoms with Crippen LogP contribution in [0.2, 0.25) is 5.02 Å². The Kier molecular flexibility index (Phi) is 6.11. The summed E-state index contributed by atoms with van der Waals surface area (Å²) in [5.41, 5.74) is 1.20. The van der Waals surface area contributed by atoms with E-state index < -0.39 is 10.0 Å². The number of hydrogen-bond acceptors (Lipinski definition) is 4. The lowest BCUT2D eigenvalue weighted by molar-refractivity contribution is -0.690. The van der Waals surface area contributed by atoms with Crippen LogP contribution in [0.1, 0.15) is 5.69 Å². The van der Waals surface area contributed by atoms with E-state index in [1.807, 2.05) is 25.1 Å². The van der Waals surface area contributed by atoms with Crippen molar-refractivity contribution in [3.8, 4) is 0 Å². The standard InChI is InChI=1S/C18H20ClN3O4S/c1-14-4-2-3-7-21(14)13-18(23)20-17-12-15(5-6-16(17)19)27(24,25)22-8-10-26-11-9-22/h2-7,12H,8-11,13H2,1H3/p+1. The van der Waals surface area contributed by atoms with Gasteiger partial charge in [-0.1, -0.05) is 17.7 Å². The summed E-state index contributed by atoms with van der Waals surface area (Å²) in [5.74, 6) is -0.294. The summed E-state index contributed by atoms with van der Waals surface area (Å²) in [7, 11) is -3.66. The van der Waals surface area contributed by atoms with Crippen LogP contribution in [0.4, 0.5) is 5.69 Å². The largest absolute Gasteiger partial charge is 0.379 e. The van der Waals surface area contributed by atoms with E-state index in [1.165, 1.54) is 22.5 Å². The Morgan fingerprint density at radius 1 is 1.26 bits per heavy atom. The molecule has 27 heavy (non-hydrogen) atoms. The van der Waals surface area contributed by atoms with Crippen molar-refractivity contribution in [3.63, 3.8) is 0 Å². The number of morpholine rings is 1. The fourth-order valence-electron chi connectivity index (χ4n) is 2.78. The molecule has 3 rings (SSSR count). The summed E-state index contributed by atoms with van der Waals surface area (Å²) in [4.78, 5) is 12.5. The van der Waals surface area contributed by atoms with Gasteiger partial charge in [-0.15, -0.1) is 0 Å². The SMILES string of the molecule is Cc1cccc[n+]1CC(=O)Nc1cc(S(=O)(=O)N2CCOCC2)ccc1Cl. The molecule has 0 spiro atoms. The van der Waals surface area contributed by atoms with Crippen molar-refractivity contribution in [1.29, 1.82) is 0 Å². The van der Waals surface area contributed by atoms with Gasteiger partial charge in [-0.2, -0.15) is 8.87 Å². The Morgan fingerprint density at radius 3 is 2.70 bits per heavy atom. The van der Waals surface area contributed by atoms with Crippen LogP contribution in [0, 0.1) is 6.92 Å². The van der Waals surface area contributed by atoms with E-state index in [0.29, 0.717) is 26.3 Å². The van der Waals surface area contributed by atoms with Crippen molar-refractivity contribution >= 4 is 33.2 Å². The number of nitrogens with zero attached hydrogens (tertiary/aromatic N) is 2. The number of anilines is 1. The van der Waals surface area contributed by atoms with Crippen molar-refractivity contribution in [3.05, 3.63) is 53.3 Å². The molecule has 1 saturated heterocycles. The smallest absolute Gasteiger partial charge is 0.290 e. The monoisotopic (exact) mass is 410 g/mol. The third-order valence-electron chi connectivity index (χ3n) is 4.30. The van der Waals surface area contributed by atoms with Crippen LogP contribution >= 0.6 is 11.6 Å². The van der Waals surface area contributed by atoms with Crippen molar-refractivity contribution in [1.82, 2.24) is 4.31 Å². The Morgan fingerprint density at radius 2 is 2.00 bits per heavy atom. The van der Waals surface area contributed by atoms with Crippen LogP contribution in [-0.4, -0.2) is 44.9 Å². The number of halogens is 1. The highest BCUT2D eigenvalue weighted by atomic mass is 35.5. The number of carbonyl (C=O) groups is 1. The number of hydrogen-bond donors (Lipinski definition) is 1. The number of benzene rings is 1. The lowest BCUT2D eigenvalue weighted by Crippen LogP contribution is -2.42. The summed E-state index contributed by atoms with van der Waals surface area (Å²) >= 11 is 6.16. The number of sulfonamides is 1. The summed E-state index contributed by atoms with van der Waals surface area (Å²) < 4.78 is 33.9. The van der Waals surface area contributed by atoms with Gasteiger partial charge in [0.2, 0.25) is 16.6 Å². The van der Waals surface area contributed by atoms with E-state index in [9.17, 15) is 13.2 Å². The normalized spacial score (nSPS) is 15.5. The average molecular weight is 411 g/mol. The van der Waals surface area contributed by atoms with E-state index in [1.54, 1.807) is 10.8 Å². The molecule has 2 heterocycles. The molecule has 1 fully saturated rings. The maximum Gasteiger partial charge on any atom is 0.290 e. The summed E-state index contributed by atoms with van der Waals surface area (Å²) in [6, 6.07) is 9.94. The minimum Gasteiger partial charge on any atom is -0.379 e. The van der Waals surface area contributed by atoms with Crippen LogP contribution in [0.5, 0.6) is 0 Å². The molecule has 1 aromatic heterocycles. The second kappa shape index (κ2) is 8.35. The number of carbonyl (C=O) groups excluding carboxylic acids is 1. The minimum atomic E-state index is -3.66. The van der Waals surface area contributed by atoms with Crippen molar-refractivity contribution in [2.24, 2.45) is 0 Å². The number of aryl methyl sites for hydroxylation is 1. The molecular weight excluding hydrogens is 390 g/mol. The van der Waals surface area contributed by atoms with Gasteiger partial charge in [0.15, 0.2) is 11.9 Å². The topological polar surface area (TPSA) is 79.6 Å². The molecular formula is C18H21ClN3O4S+. The van der Waals surface area contributed by atoms with Crippen LogP contribution < -0.4 is 9.88 Å². The zero-order valence-corrected chi connectivity index (χ0v) is 16.5. The molecule has 0 unspecified atom stereocenters. The molecule has 9 heteroatoms. The minimum absolute atomic E-state index is 0.0904. The molecule has 0 radical (unpaired) electrons. The molecule has 1 aliphatic heterocycles. The van der Waals surface area contributed by atoms with E-state index in [2.05, 4.69) is 5.32 Å². The predicted octanol–water partition coefficient (Wildman–Crippen LogP) is 1.60. The highest BCUT2D eigenvalue weighted by Gasteiger charge is 2.27. The van der Waals surface area contributed by atoms with Gasteiger partial charge in [-0.05, 0) is 18.2 Å². The zero-order chi connectivity index (χ0) is 19.4. The van der Waals surface area contributed by atoms with Gasteiger partial charge in [0.05, 0.1) is 28.8 Å². The second-order valence-corrected chi connectivity index (χ2v) is 8.52. The summed E-state index contributed by atoms with van der Waals surface area (Å²) in [6.45, 7) is 3.33. The Hall–Kier alpha value is -2.00. The van der Waals surface area contributed by atoms with Gasteiger partial charge in [0.25, 0.3) is 5.91 Å². The first-order chi connectivity index (χ1) is 12.9. The molecule has 0 bridgehead atoms. The first kappa shape index (κ1) is 19.8. The Labute approximate surface area is 163 Å². The predicted molar refractivity (Wildman–Crippen MR) is 101 cm³/mol. The highest BCUT2D eigenvalue weighted by molar-refractivity contribution is 7.89. The van der Waals surface area contributed by atoms with Gasteiger partial charge >= 0.3 is 0 Å². The van der Waals surface area contributed by atoms with Crippen molar-refractivity contribution in [2.75, 3.05) is 31.6 Å². The molecule has 1 amide bonds. The highest BCUT2D eigenvalue weighted by Crippen LogP contribution is 2.27. The Bertz CT molecular complexity index is 943. The number of nitrogens with one attached hydrogen (secondary N) is 1. The van der Waals surface area contributed by atoms with Gasteiger partial charge in [0, 0.05) is 32.1 Å². The number of aromatic nitrogens is 1. The maximum absolute atomic E-state index is 12.8. The summed E-state index contributed by atoms with van der Waals surface area (Å²) in [6.07, 6.45) is 1.80. The van der Waals surface area contributed by atoms with E-state index in [-0.39, 0.29) is 28.1 Å². The molecule has 1 N–H and O–H groups in total. The summed E-state index contributed by atoms with van der Waals surface area (Å²) in [5, 5.41) is 2.98. The number of rotatable bonds is 5. The van der Waals surface area contributed by atoms with E-state index in [4.69, 9.17) is 16.3 Å². The van der Waals surface area contributed by atoms with Crippen LogP contribution in [-0.2, 0) is 26.1 Å². The Balaban J connectivity index is 1.79. The zero-order valence-electron chi connectivity index (χ0n) is 14.9. The molecule has 0 atom stereocenters. The molecule has 2 aromatic rings. The molecule has 144 valence electrons. The molecule has 0 saturated carbocycles. The lowest BCUT2D eigenvalue weighted by atomic mass is 10.3. The van der Waals surface area contributed by atoms with Gasteiger partial charge in [-0.25, -0.2) is 8.42 Å². The fraction of sp³-hybridized carbons (Fsp3) is 0.333. The molecule has 1 aliphatic rings. The van der Waals surface area contributed by atoms with Crippen molar-refractivity contribution in [2.45, 2.75) is 18.4 Å². The molecule has 1 aromatic carbocycles. The van der Waals surface area contributed by atoms with Gasteiger partial charge in [-0.3, -0.25) is 4.79 Å². The van der Waals surface area contributed by atoms with Crippen LogP contribution in [0.3, 0.4) is 0 Å². The second-order valence-electron chi connectivity index (χ2n) is 6.18. The van der Waals surface area contributed by atoms with Gasteiger partial charge in [0.1, 0.15) is 0 Å². The van der Waals surface area contributed by atoms with Crippen molar-refractivity contribution < 1.29 is 22.5 Å². The lowest BCUT2D eigenvalue weighted by Gasteiger charge is -2.26. The van der Waals surface area contributed by atoms with Gasteiger partial charge < -0.3 is 10.1 Å². The van der Waals surface area contributed by atoms with Crippen LogP contribution in [0.15, 0.2) is 47.5 Å². The number of amides is 1.